The van der Waals surface area contributed by atoms with Gasteiger partial charge in [0.05, 0.1) is 31.9 Å². The van der Waals surface area contributed by atoms with Gasteiger partial charge in [-0.15, -0.1) is 0 Å². The number of piperazine rings is 1. The van der Waals surface area contributed by atoms with E-state index in [1.165, 1.54) is 9.80 Å². The maximum absolute atomic E-state index is 12.9. The second kappa shape index (κ2) is 8.86. The van der Waals surface area contributed by atoms with E-state index in [1.807, 2.05) is 0 Å². The van der Waals surface area contributed by atoms with E-state index in [9.17, 15) is 19.2 Å². The van der Waals surface area contributed by atoms with Crippen molar-refractivity contribution in [3.8, 4) is 0 Å². The first kappa shape index (κ1) is 20.4. The Morgan fingerprint density at radius 2 is 1.57 bits per heavy atom. The number of likely N-dealkylation sites (tertiary alicyclic amines) is 1. The molecule has 3 aliphatic rings. The second-order valence-corrected chi connectivity index (χ2v) is 7.78. The molecule has 3 saturated heterocycles. The zero-order valence-electron chi connectivity index (χ0n) is 16.8. The number of hydrogen-bond donors (Lipinski definition) is 0. The smallest absolute Gasteiger partial charge is 0.312 e. The van der Waals surface area contributed by atoms with Gasteiger partial charge in [-0.3, -0.25) is 19.2 Å². The van der Waals surface area contributed by atoms with Crippen LogP contribution in [0, 0.1) is 5.92 Å². The van der Waals surface area contributed by atoms with E-state index in [2.05, 4.69) is 0 Å². The minimum Gasteiger partial charge on any atom is -0.467 e. The topological polar surface area (TPSA) is 104 Å². The van der Waals surface area contributed by atoms with Crippen LogP contribution in [-0.2, 0) is 30.5 Å². The van der Waals surface area contributed by atoms with Crippen LogP contribution in [0.4, 0.5) is 0 Å². The number of amides is 4. The molecule has 3 fully saturated rings. The number of carbonyl (C=O) groups is 4. The van der Waals surface area contributed by atoms with Crippen molar-refractivity contribution in [1.82, 2.24) is 19.6 Å². The summed E-state index contributed by atoms with van der Waals surface area (Å²) >= 11 is 0. The highest BCUT2D eigenvalue weighted by Gasteiger charge is 2.38. The maximum atomic E-state index is 12.9. The van der Waals surface area contributed by atoms with Crippen LogP contribution in [-0.4, -0.2) is 102 Å². The summed E-state index contributed by atoms with van der Waals surface area (Å²) in [5, 5.41) is 0. The summed E-state index contributed by atoms with van der Waals surface area (Å²) < 4.78 is 10.5. The molecular weight excluding hydrogens is 392 g/mol. The summed E-state index contributed by atoms with van der Waals surface area (Å²) in [4.78, 5) is 56.4. The molecule has 3 aliphatic heterocycles. The Bertz CT molecular complexity index is 796. The van der Waals surface area contributed by atoms with Gasteiger partial charge in [0.15, 0.2) is 0 Å². The molecule has 0 aromatic carbocycles. The Hall–Kier alpha value is -2.88. The molecular formula is C20H26N4O6. The molecule has 0 N–H and O–H groups in total. The number of rotatable bonds is 3. The van der Waals surface area contributed by atoms with Gasteiger partial charge < -0.3 is 28.8 Å². The number of ether oxygens (including phenoxy) is 1. The molecule has 10 nitrogen and oxygen atoms in total. The van der Waals surface area contributed by atoms with Crippen LogP contribution in [0.25, 0.3) is 0 Å². The molecule has 0 spiro atoms. The Balaban J connectivity index is 1.26. The first-order valence-corrected chi connectivity index (χ1v) is 10.3. The van der Waals surface area contributed by atoms with E-state index in [0.717, 1.165) is 0 Å². The maximum Gasteiger partial charge on any atom is 0.312 e. The van der Waals surface area contributed by atoms with Gasteiger partial charge in [-0.25, -0.2) is 0 Å². The molecule has 1 unspecified atom stereocenters. The van der Waals surface area contributed by atoms with Crippen LogP contribution in [0.2, 0.25) is 0 Å². The van der Waals surface area contributed by atoms with Crippen LogP contribution in [0.1, 0.15) is 12.2 Å². The summed E-state index contributed by atoms with van der Waals surface area (Å²) in [6, 6.07) is 3.57. The van der Waals surface area contributed by atoms with Gasteiger partial charge in [0, 0.05) is 52.2 Å². The van der Waals surface area contributed by atoms with Crippen molar-refractivity contribution in [2.24, 2.45) is 5.92 Å². The van der Waals surface area contributed by atoms with Crippen molar-refractivity contribution in [3.63, 3.8) is 0 Å². The standard InChI is InChI=1S/C20H26N4O6/c25-17-12-15(13-24(17)14-16-2-1-9-30-16)18(26)21-3-5-22(6-4-21)19(27)20(28)23-7-10-29-11-8-23/h1-2,9,15H,3-8,10-14H2. The van der Waals surface area contributed by atoms with Crippen LogP contribution >= 0.6 is 0 Å². The molecule has 4 rings (SSSR count). The van der Waals surface area contributed by atoms with E-state index in [1.54, 1.807) is 28.2 Å². The predicted octanol–water partition coefficient (Wildman–Crippen LogP) is -0.842. The summed E-state index contributed by atoms with van der Waals surface area (Å²) in [5.74, 6) is -0.859. The monoisotopic (exact) mass is 418 g/mol. The van der Waals surface area contributed by atoms with Crippen molar-refractivity contribution < 1.29 is 28.3 Å². The lowest BCUT2D eigenvalue weighted by atomic mass is 10.1. The highest BCUT2D eigenvalue weighted by atomic mass is 16.5. The van der Waals surface area contributed by atoms with Crippen molar-refractivity contribution in [2.45, 2.75) is 13.0 Å². The van der Waals surface area contributed by atoms with E-state index >= 15 is 0 Å². The molecule has 0 aliphatic carbocycles. The first-order chi connectivity index (χ1) is 14.5. The molecule has 4 heterocycles. The third-order valence-corrected chi connectivity index (χ3v) is 5.85. The van der Waals surface area contributed by atoms with Gasteiger partial charge in [-0.2, -0.15) is 0 Å². The second-order valence-electron chi connectivity index (χ2n) is 7.78. The van der Waals surface area contributed by atoms with E-state index in [-0.39, 0.29) is 24.2 Å². The summed E-state index contributed by atoms with van der Waals surface area (Å²) in [6.45, 7) is 3.83. The van der Waals surface area contributed by atoms with E-state index in [0.29, 0.717) is 71.3 Å². The summed E-state index contributed by atoms with van der Waals surface area (Å²) in [6.07, 6.45) is 1.75. The average molecular weight is 418 g/mol. The summed E-state index contributed by atoms with van der Waals surface area (Å²) in [5.41, 5.74) is 0. The molecule has 10 heteroatoms. The zero-order valence-corrected chi connectivity index (χ0v) is 16.8. The fourth-order valence-corrected chi connectivity index (χ4v) is 4.11. The zero-order chi connectivity index (χ0) is 21.1. The third-order valence-electron chi connectivity index (χ3n) is 5.85. The highest BCUT2D eigenvalue weighted by molar-refractivity contribution is 6.34. The van der Waals surface area contributed by atoms with E-state index < -0.39 is 11.8 Å². The Labute approximate surface area is 174 Å². The molecule has 162 valence electrons. The molecule has 0 radical (unpaired) electrons. The molecule has 0 bridgehead atoms. The van der Waals surface area contributed by atoms with Gasteiger partial charge in [-0.05, 0) is 12.1 Å². The Kier molecular flexibility index (Phi) is 6.03. The minimum atomic E-state index is -0.523. The van der Waals surface area contributed by atoms with Crippen LogP contribution < -0.4 is 0 Å². The highest BCUT2D eigenvalue weighted by Crippen LogP contribution is 2.23. The average Bonchev–Trinajstić information content (AvgIpc) is 3.43. The molecule has 1 atom stereocenters. The quantitative estimate of drug-likeness (QED) is 0.593. The van der Waals surface area contributed by atoms with Crippen LogP contribution in [0.15, 0.2) is 22.8 Å². The fraction of sp³-hybridized carbons (Fsp3) is 0.600. The lowest BCUT2D eigenvalue weighted by molar-refractivity contribution is -0.156. The molecule has 1 aromatic heterocycles. The molecule has 0 saturated carbocycles. The number of furan rings is 1. The first-order valence-electron chi connectivity index (χ1n) is 10.3. The van der Waals surface area contributed by atoms with Crippen molar-refractivity contribution in [3.05, 3.63) is 24.2 Å². The van der Waals surface area contributed by atoms with Gasteiger partial charge >= 0.3 is 11.8 Å². The lowest BCUT2D eigenvalue weighted by Gasteiger charge is -2.36. The predicted molar refractivity (Wildman–Crippen MR) is 103 cm³/mol. The fourth-order valence-electron chi connectivity index (χ4n) is 4.11. The van der Waals surface area contributed by atoms with Crippen molar-refractivity contribution in [2.75, 3.05) is 59.0 Å². The summed E-state index contributed by atoms with van der Waals surface area (Å²) in [7, 11) is 0. The molecule has 4 amide bonds. The largest absolute Gasteiger partial charge is 0.467 e. The number of carbonyl (C=O) groups excluding carboxylic acids is 4. The lowest BCUT2D eigenvalue weighted by Crippen LogP contribution is -2.56. The van der Waals surface area contributed by atoms with Gasteiger partial charge in [0.1, 0.15) is 5.76 Å². The number of hydrogen-bond acceptors (Lipinski definition) is 6. The number of morpholine rings is 1. The molecule has 1 aromatic rings. The van der Waals surface area contributed by atoms with Crippen LogP contribution in [0.3, 0.4) is 0 Å². The van der Waals surface area contributed by atoms with E-state index in [4.69, 9.17) is 9.15 Å². The Morgan fingerprint density at radius 1 is 0.933 bits per heavy atom. The Morgan fingerprint density at radius 3 is 2.20 bits per heavy atom. The SMILES string of the molecule is O=C1CC(C(=O)N2CCN(C(=O)C(=O)N3CCOCC3)CC2)CN1Cc1ccco1. The van der Waals surface area contributed by atoms with Gasteiger partial charge in [0.25, 0.3) is 0 Å². The minimum absolute atomic E-state index is 0.0605. The number of nitrogens with zero attached hydrogens (tertiary/aromatic N) is 4. The molecule has 30 heavy (non-hydrogen) atoms. The van der Waals surface area contributed by atoms with Crippen molar-refractivity contribution >= 4 is 23.6 Å². The van der Waals surface area contributed by atoms with Gasteiger partial charge in [0.2, 0.25) is 11.8 Å². The van der Waals surface area contributed by atoms with Gasteiger partial charge in [-0.1, -0.05) is 0 Å². The van der Waals surface area contributed by atoms with Crippen molar-refractivity contribution in [1.29, 1.82) is 0 Å². The normalized spacial score (nSPS) is 22.5. The van der Waals surface area contributed by atoms with Crippen LogP contribution in [0.5, 0.6) is 0 Å². The third kappa shape index (κ3) is 4.33.